The standard InChI is InChI=1S/C22H19FN2O3/c1-11-9-18-20(14-3-2-4-15(14)22(27)28-18)21(26)19(11)17-10-16(24-25-17)12-5-7-13(23)8-6-12/h5-9,16,24,26H,2-4,10H2,1H3/t16-/m1/s1. The Labute approximate surface area is 160 Å². The Balaban J connectivity index is 1.59. The lowest BCUT2D eigenvalue weighted by Crippen LogP contribution is -2.10. The Morgan fingerprint density at radius 2 is 1.96 bits per heavy atom. The van der Waals surface area contributed by atoms with Gasteiger partial charge in [-0.1, -0.05) is 12.1 Å². The fourth-order valence-electron chi connectivity index (χ4n) is 4.40. The van der Waals surface area contributed by atoms with Crippen LogP contribution in [0.4, 0.5) is 4.39 Å². The lowest BCUT2D eigenvalue weighted by molar-refractivity contribution is 0.476. The summed E-state index contributed by atoms with van der Waals surface area (Å²) < 4.78 is 18.7. The largest absolute Gasteiger partial charge is 0.506 e. The van der Waals surface area contributed by atoms with Gasteiger partial charge in [-0.3, -0.25) is 0 Å². The lowest BCUT2D eigenvalue weighted by atomic mass is 9.93. The van der Waals surface area contributed by atoms with Crippen LogP contribution < -0.4 is 11.1 Å². The van der Waals surface area contributed by atoms with Gasteiger partial charge in [-0.2, -0.15) is 5.10 Å². The molecular formula is C22H19FN2O3. The van der Waals surface area contributed by atoms with Crippen LogP contribution >= 0.6 is 0 Å². The van der Waals surface area contributed by atoms with E-state index in [-0.39, 0.29) is 23.2 Å². The molecule has 0 bridgehead atoms. The van der Waals surface area contributed by atoms with E-state index in [1.807, 2.05) is 6.92 Å². The summed E-state index contributed by atoms with van der Waals surface area (Å²) in [7, 11) is 0. The average molecular weight is 378 g/mol. The first kappa shape index (κ1) is 17.0. The van der Waals surface area contributed by atoms with E-state index in [1.54, 1.807) is 18.2 Å². The number of nitrogens with zero attached hydrogens (tertiary/aromatic N) is 1. The zero-order valence-electron chi connectivity index (χ0n) is 15.4. The minimum Gasteiger partial charge on any atom is -0.506 e. The van der Waals surface area contributed by atoms with Crippen LogP contribution in [-0.4, -0.2) is 10.8 Å². The second-order valence-electron chi connectivity index (χ2n) is 7.49. The molecule has 2 N–H and O–H groups in total. The van der Waals surface area contributed by atoms with E-state index >= 15 is 0 Å². The smallest absolute Gasteiger partial charge is 0.339 e. The quantitative estimate of drug-likeness (QED) is 0.664. The van der Waals surface area contributed by atoms with Gasteiger partial charge in [0.05, 0.1) is 17.1 Å². The molecule has 1 aromatic heterocycles. The maximum atomic E-state index is 13.2. The van der Waals surface area contributed by atoms with Gasteiger partial charge in [-0.05, 0) is 61.1 Å². The molecule has 0 saturated heterocycles. The van der Waals surface area contributed by atoms with Crippen LogP contribution in [0.2, 0.25) is 0 Å². The third-order valence-corrected chi connectivity index (χ3v) is 5.74. The van der Waals surface area contributed by atoms with Crippen LogP contribution in [0.15, 0.2) is 44.6 Å². The van der Waals surface area contributed by atoms with Gasteiger partial charge in [0, 0.05) is 17.5 Å². The minimum atomic E-state index is -0.303. The van der Waals surface area contributed by atoms with Crippen molar-refractivity contribution in [2.45, 2.75) is 38.6 Å². The molecule has 2 aromatic carbocycles. The molecule has 3 aromatic rings. The first-order valence-electron chi connectivity index (χ1n) is 9.42. The number of hydrogen-bond donors (Lipinski definition) is 2. The van der Waals surface area contributed by atoms with Crippen molar-refractivity contribution in [1.29, 1.82) is 0 Å². The predicted octanol–water partition coefficient (Wildman–Crippen LogP) is 3.87. The van der Waals surface area contributed by atoms with Crippen molar-refractivity contribution >= 4 is 16.7 Å². The Kier molecular flexibility index (Phi) is 3.75. The summed E-state index contributed by atoms with van der Waals surface area (Å²) in [6.07, 6.45) is 2.91. The van der Waals surface area contributed by atoms with Crippen molar-refractivity contribution in [3.8, 4) is 5.75 Å². The first-order valence-corrected chi connectivity index (χ1v) is 9.42. The molecule has 2 heterocycles. The number of hydrogen-bond acceptors (Lipinski definition) is 5. The zero-order valence-corrected chi connectivity index (χ0v) is 15.4. The van der Waals surface area contributed by atoms with Crippen molar-refractivity contribution < 1.29 is 13.9 Å². The van der Waals surface area contributed by atoms with E-state index in [4.69, 9.17) is 4.42 Å². The van der Waals surface area contributed by atoms with Gasteiger partial charge in [0.15, 0.2) is 0 Å². The second-order valence-corrected chi connectivity index (χ2v) is 7.49. The van der Waals surface area contributed by atoms with E-state index in [1.165, 1.54) is 12.1 Å². The van der Waals surface area contributed by atoms with Crippen LogP contribution in [0.1, 0.15) is 46.7 Å². The Bertz CT molecular complexity index is 1200. The van der Waals surface area contributed by atoms with E-state index in [0.29, 0.717) is 34.9 Å². The number of fused-ring (bicyclic) bond motifs is 3. The molecule has 6 heteroatoms. The average Bonchev–Trinajstić information content (AvgIpc) is 3.32. The fourth-order valence-corrected chi connectivity index (χ4v) is 4.40. The number of benzene rings is 2. The van der Waals surface area contributed by atoms with Crippen molar-refractivity contribution in [1.82, 2.24) is 5.43 Å². The topological polar surface area (TPSA) is 74.8 Å². The summed E-state index contributed by atoms with van der Waals surface area (Å²) in [5.74, 6) is -0.154. The minimum absolute atomic E-state index is 0.0792. The van der Waals surface area contributed by atoms with Gasteiger partial charge in [0.25, 0.3) is 0 Å². The normalized spacial score (nSPS) is 18.2. The number of phenols is 1. The SMILES string of the molecule is Cc1cc2oc(=O)c3c(c2c(O)c1C1=NN[C@@H](c2ccc(F)cc2)C1)CCC3. The van der Waals surface area contributed by atoms with E-state index < -0.39 is 0 Å². The summed E-state index contributed by atoms with van der Waals surface area (Å²) in [4.78, 5) is 12.2. The molecule has 0 fully saturated rings. The molecule has 1 aliphatic heterocycles. The molecule has 0 spiro atoms. The molecule has 2 aliphatic rings. The van der Waals surface area contributed by atoms with E-state index in [9.17, 15) is 14.3 Å². The zero-order chi connectivity index (χ0) is 19.4. The number of aromatic hydroxyl groups is 1. The second kappa shape index (κ2) is 6.19. The summed E-state index contributed by atoms with van der Waals surface area (Å²) in [6, 6.07) is 8.06. The summed E-state index contributed by atoms with van der Waals surface area (Å²) in [5, 5.41) is 16.2. The highest BCUT2D eigenvalue weighted by Crippen LogP contribution is 2.39. The number of phenolic OH excluding ortho intramolecular Hbond substituents is 1. The van der Waals surface area contributed by atoms with Crippen LogP contribution in [-0.2, 0) is 12.8 Å². The molecule has 0 saturated carbocycles. The maximum Gasteiger partial charge on any atom is 0.339 e. The van der Waals surface area contributed by atoms with Crippen molar-refractivity contribution in [3.63, 3.8) is 0 Å². The highest BCUT2D eigenvalue weighted by atomic mass is 19.1. The Morgan fingerprint density at radius 3 is 2.75 bits per heavy atom. The molecule has 142 valence electrons. The van der Waals surface area contributed by atoms with Gasteiger partial charge in [0.2, 0.25) is 0 Å². The van der Waals surface area contributed by atoms with Crippen LogP contribution in [0.25, 0.3) is 11.0 Å². The molecular weight excluding hydrogens is 359 g/mol. The van der Waals surface area contributed by atoms with Gasteiger partial charge >= 0.3 is 5.63 Å². The fraction of sp³-hybridized carbons (Fsp3) is 0.273. The highest BCUT2D eigenvalue weighted by Gasteiger charge is 2.28. The van der Waals surface area contributed by atoms with E-state index in [2.05, 4.69) is 10.5 Å². The summed E-state index contributed by atoms with van der Waals surface area (Å²) in [6.45, 7) is 1.87. The number of hydrazone groups is 1. The van der Waals surface area contributed by atoms with Crippen molar-refractivity contribution in [2.24, 2.45) is 5.10 Å². The molecule has 5 nitrogen and oxygen atoms in total. The molecule has 5 rings (SSSR count). The van der Waals surface area contributed by atoms with Crippen LogP contribution in [0.5, 0.6) is 5.75 Å². The van der Waals surface area contributed by atoms with Gasteiger partial charge < -0.3 is 14.9 Å². The highest BCUT2D eigenvalue weighted by molar-refractivity contribution is 6.09. The number of aryl methyl sites for hydroxylation is 2. The molecule has 0 radical (unpaired) electrons. The predicted molar refractivity (Wildman–Crippen MR) is 104 cm³/mol. The third kappa shape index (κ3) is 2.52. The molecule has 1 atom stereocenters. The Hall–Kier alpha value is -3.15. The van der Waals surface area contributed by atoms with Gasteiger partial charge in [-0.15, -0.1) is 0 Å². The summed E-state index contributed by atoms with van der Waals surface area (Å²) in [5.41, 5.74) is 7.92. The van der Waals surface area contributed by atoms with Crippen LogP contribution in [0.3, 0.4) is 0 Å². The molecule has 28 heavy (non-hydrogen) atoms. The molecule has 1 aliphatic carbocycles. The van der Waals surface area contributed by atoms with Crippen LogP contribution in [0, 0.1) is 12.7 Å². The molecule has 0 amide bonds. The Morgan fingerprint density at radius 1 is 1.21 bits per heavy atom. The van der Waals surface area contributed by atoms with E-state index in [0.717, 1.165) is 35.2 Å². The number of halogens is 1. The number of nitrogens with one attached hydrogen (secondary N) is 1. The third-order valence-electron chi connectivity index (χ3n) is 5.74. The lowest BCUT2D eigenvalue weighted by Gasteiger charge is -2.14. The summed E-state index contributed by atoms with van der Waals surface area (Å²) >= 11 is 0. The van der Waals surface area contributed by atoms with Crippen molar-refractivity contribution in [2.75, 3.05) is 0 Å². The number of rotatable bonds is 2. The first-order chi connectivity index (χ1) is 13.5. The van der Waals surface area contributed by atoms with Gasteiger partial charge in [-0.25, -0.2) is 9.18 Å². The maximum absolute atomic E-state index is 13.2. The van der Waals surface area contributed by atoms with Gasteiger partial charge in [0.1, 0.15) is 17.1 Å². The monoisotopic (exact) mass is 378 g/mol. The molecule has 0 unspecified atom stereocenters. The van der Waals surface area contributed by atoms with Crippen molar-refractivity contribution in [3.05, 3.63) is 74.4 Å².